The first-order valence-corrected chi connectivity index (χ1v) is 8.87. The zero-order valence-corrected chi connectivity index (χ0v) is 15.0. The minimum Gasteiger partial charge on any atom is -0.490 e. The quantitative estimate of drug-likeness (QED) is 0.575. The van der Waals surface area contributed by atoms with Crippen LogP contribution in [0.1, 0.15) is 32.1 Å². The molecule has 0 saturated heterocycles. The van der Waals surface area contributed by atoms with Gasteiger partial charge in [-0.2, -0.15) is 0 Å². The lowest BCUT2D eigenvalue weighted by Gasteiger charge is -2.33. The number of nitrogens with two attached hydrogens (primary N) is 1. The highest BCUT2D eigenvalue weighted by Crippen LogP contribution is 2.30. The lowest BCUT2D eigenvalue weighted by Crippen LogP contribution is -2.51. The second-order valence-corrected chi connectivity index (χ2v) is 7.61. The number of nitrogens with one attached hydrogen (secondary N) is 1. The molecule has 1 aliphatic rings. The van der Waals surface area contributed by atoms with E-state index in [9.17, 15) is 18.5 Å². The highest BCUT2D eigenvalue weighted by molar-refractivity contribution is 7.89. The molecule has 136 valence electrons. The van der Waals surface area contributed by atoms with Gasteiger partial charge in [-0.25, -0.2) is 13.1 Å². The van der Waals surface area contributed by atoms with Crippen molar-refractivity contribution in [3.05, 3.63) is 28.3 Å². The number of rotatable bonds is 6. The van der Waals surface area contributed by atoms with Crippen molar-refractivity contribution in [2.24, 2.45) is 5.73 Å². The number of nitro benzene ring substituents is 1. The van der Waals surface area contributed by atoms with Crippen LogP contribution in [0, 0.1) is 10.1 Å². The molecule has 24 heavy (non-hydrogen) atoms. The Hall–Kier alpha value is -1.42. The number of nitro groups is 1. The number of sulfonamides is 1. The van der Waals surface area contributed by atoms with Crippen LogP contribution in [-0.4, -0.2) is 32.5 Å². The molecule has 0 unspecified atom stereocenters. The molecule has 0 aliphatic heterocycles. The molecule has 1 fully saturated rings. The Morgan fingerprint density at radius 2 is 1.96 bits per heavy atom. The van der Waals surface area contributed by atoms with Crippen molar-refractivity contribution in [2.75, 3.05) is 13.7 Å². The van der Waals surface area contributed by atoms with Crippen molar-refractivity contribution >= 4 is 28.1 Å². The van der Waals surface area contributed by atoms with Gasteiger partial charge in [0, 0.05) is 18.2 Å². The average Bonchev–Trinajstić information content (AvgIpc) is 2.53. The Labute approximate surface area is 147 Å². The van der Waals surface area contributed by atoms with Gasteiger partial charge in [-0.1, -0.05) is 19.3 Å². The van der Waals surface area contributed by atoms with Crippen molar-refractivity contribution in [2.45, 2.75) is 42.5 Å². The molecule has 0 heterocycles. The lowest BCUT2D eigenvalue weighted by molar-refractivity contribution is -0.386. The van der Waals surface area contributed by atoms with Crippen LogP contribution in [0.25, 0.3) is 0 Å². The van der Waals surface area contributed by atoms with Crippen LogP contribution in [0.3, 0.4) is 0 Å². The normalized spacial score (nSPS) is 16.9. The minimum atomic E-state index is -3.87. The van der Waals surface area contributed by atoms with Crippen molar-refractivity contribution < 1.29 is 18.1 Å². The molecular weight excluding hydrogens is 358 g/mol. The van der Waals surface area contributed by atoms with E-state index in [2.05, 4.69) is 4.72 Å². The van der Waals surface area contributed by atoms with Gasteiger partial charge in [-0.15, -0.1) is 12.4 Å². The van der Waals surface area contributed by atoms with Gasteiger partial charge in [-0.3, -0.25) is 10.1 Å². The molecule has 1 aliphatic carbocycles. The second kappa shape index (κ2) is 8.11. The molecule has 0 spiro atoms. The molecule has 1 saturated carbocycles. The van der Waals surface area contributed by atoms with E-state index in [1.54, 1.807) is 0 Å². The molecular formula is C14H22ClN3O5S. The third-order valence-corrected chi connectivity index (χ3v) is 5.52. The van der Waals surface area contributed by atoms with Crippen LogP contribution in [0.2, 0.25) is 0 Å². The van der Waals surface area contributed by atoms with E-state index in [1.807, 2.05) is 0 Å². The van der Waals surface area contributed by atoms with E-state index in [1.165, 1.54) is 19.2 Å². The Morgan fingerprint density at radius 1 is 1.33 bits per heavy atom. The smallest absolute Gasteiger partial charge is 0.312 e. The Bertz CT molecular complexity index is 690. The van der Waals surface area contributed by atoms with Gasteiger partial charge in [-0.05, 0) is 25.0 Å². The predicted octanol–water partition coefficient (Wildman–Crippen LogP) is 1.97. The molecule has 2 rings (SSSR count). The van der Waals surface area contributed by atoms with E-state index in [0.717, 1.165) is 38.2 Å². The highest BCUT2D eigenvalue weighted by atomic mass is 35.5. The third-order valence-electron chi connectivity index (χ3n) is 4.12. The largest absolute Gasteiger partial charge is 0.490 e. The van der Waals surface area contributed by atoms with E-state index in [-0.39, 0.29) is 29.6 Å². The Kier molecular flexibility index (Phi) is 6.97. The molecule has 0 atom stereocenters. The number of benzene rings is 1. The molecule has 3 N–H and O–H groups in total. The molecule has 0 bridgehead atoms. The van der Waals surface area contributed by atoms with Crippen LogP contribution >= 0.6 is 12.4 Å². The first kappa shape index (κ1) is 20.6. The molecule has 10 heteroatoms. The number of methoxy groups -OCH3 is 1. The van der Waals surface area contributed by atoms with Crippen LogP contribution in [0.5, 0.6) is 5.75 Å². The SMILES string of the molecule is COc1ccc(S(=O)(=O)NCC2(N)CCCCC2)cc1[N+](=O)[O-].Cl. The average molecular weight is 380 g/mol. The van der Waals surface area contributed by atoms with E-state index >= 15 is 0 Å². The maximum atomic E-state index is 12.4. The summed E-state index contributed by atoms with van der Waals surface area (Å²) >= 11 is 0. The summed E-state index contributed by atoms with van der Waals surface area (Å²) in [5.74, 6) is 0.0107. The van der Waals surface area contributed by atoms with Gasteiger partial charge in [0.2, 0.25) is 10.0 Å². The molecule has 1 aromatic carbocycles. The fourth-order valence-electron chi connectivity index (χ4n) is 2.73. The highest BCUT2D eigenvalue weighted by Gasteiger charge is 2.30. The van der Waals surface area contributed by atoms with Gasteiger partial charge in [0.1, 0.15) is 0 Å². The summed E-state index contributed by atoms with van der Waals surface area (Å²) in [6.45, 7) is 0.120. The van der Waals surface area contributed by atoms with Crippen molar-refractivity contribution in [3.8, 4) is 5.75 Å². The predicted molar refractivity (Wildman–Crippen MR) is 92.1 cm³/mol. The van der Waals surface area contributed by atoms with E-state index in [0.29, 0.717) is 0 Å². The fourth-order valence-corrected chi connectivity index (χ4v) is 3.89. The third kappa shape index (κ3) is 4.79. The van der Waals surface area contributed by atoms with Gasteiger partial charge in [0.05, 0.1) is 16.9 Å². The molecule has 0 radical (unpaired) electrons. The summed E-state index contributed by atoms with van der Waals surface area (Å²) in [6, 6.07) is 3.54. The van der Waals surface area contributed by atoms with Crippen LogP contribution in [0.15, 0.2) is 23.1 Å². The summed E-state index contributed by atoms with van der Waals surface area (Å²) in [6.07, 6.45) is 4.59. The second-order valence-electron chi connectivity index (χ2n) is 5.84. The first-order chi connectivity index (χ1) is 10.8. The summed E-state index contributed by atoms with van der Waals surface area (Å²) in [7, 11) is -2.58. The van der Waals surface area contributed by atoms with Crippen molar-refractivity contribution in [3.63, 3.8) is 0 Å². The van der Waals surface area contributed by atoms with E-state index in [4.69, 9.17) is 10.5 Å². The van der Waals surface area contributed by atoms with Gasteiger partial charge in [0.15, 0.2) is 5.75 Å². The summed E-state index contributed by atoms with van der Waals surface area (Å²) in [5, 5.41) is 11.0. The number of ether oxygens (including phenoxy) is 1. The molecule has 8 nitrogen and oxygen atoms in total. The zero-order valence-electron chi connectivity index (χ0n) is 13.4. The van der Waals surface area contributed by atoms with E-state index < -0.39 is 26.2 Å². The Balaban J connectivity index is 0.00000288. The summed E-state index contributed by atoms with van der Waals surface area (Å²) in [5.41, 5.74) is 5.27. The zero-order chi connectivity index (χ0) is 17.1. The summed E-state index contributed by atoms with van der Waals surface area (Å²) in [4.78, 5) is 10.2. The number of halogens is 1. The first-order valence-electron chi connectivity index (χ1n) is 7.38. The van der Waals surface area contributed by atoms with Crippen LogP contribution in [-0.2, 0) is 10.0 Å². The topological polar surface area (TPSA) is 125 Å². The standard InChI is InChI=1S/C14H21N3O5S.ClH/c1-22-13-6-5-11(9-12(13)17(18)19)23(20,21)16-10-14(15)7-3-2-4-8-14;/h5-6,9,16H,2-4,7-8,10,15H2,1H3;1H. The minimum absolute atomic E-state index is 0. The number of hydrogen-bond acceptors (Lipinski definition) is 6. The van der Waals surface area contributed by atoms with Gasteiger partial charge >= 0.3 is 5.69 Å². The Morgan fingerprint density at radius 3 is 2.50 bits per heavy atom. The van der Waals surface area contributed by atoms with Crippen LogP contribution < -0.4 is 15.2 Å². The molecule has 0 aromatic heterocycles. The van der Waals surface area contributed by atoms with Gasteiger partial charge in [0.25, 0.3) is 0 Å². The lowest BCUT2D eigenvalue weighted by atomic mass is 9.83. The fraction of sp³-hybridized carbons (Fsp3) is 0.571. The van der Waals surface area contributed by atoms with Gasteiger partial charge < -0.3 is 10.5 Å². The number of hydrogen-bond donors (Lipinski definition) is 2. The number of nitrogens with zero attached hydrogens (tertiary/aromatic N) is 1. The molecule has 1 aromatic rings. The van der Waals surface area contributed by atoms with Crippen LogP contribution in [0.4, 0.5) is 5.69 Å². The van der Waals surface area contributed by atoms with Crippen molar-refractivity contribution in [1.82, 2.24) is 4.72 Å². The maximum Gasteiger partial charge on any atom is 0.312 e. The summed E-state index contributed by atoms with van der Waals surface area (Å²) < 4.78 is 32.1. The van der Waals surface area contributed by atoms with Crippen molar-refractivity contribution in [1.29, 1.82) is 0 Å². The maximum absolute atomic E-state index is 12.4. The monoisotopic (exact) mass is 379 g/mol. The molecule has 0 amide bonds.